The van der Waals surface area contributed by atoms with Crippen LogP contribution in [0.3, 0.4) is 0 Å². The Bertz CT molecular complexity index is 1260. The number of nitrogens with zero attached hydrogens (tertiary/aromatic N) is 2. The maximum Gasteiger partial charge on any atom is 0.343 e. The second kappa shape index (κ2) is 6.55. The van der Waals surface area contributed by atoms with Crippen LogP contribution in [0.5, 0.6) is 11.5 Å². The van der Waals surface area contributed by atoms with E-state index in [1.54, 1.807) is 25.3 Å². The van der Waals surface area contributed by atoms with E-state index in [9.17, 15) is 9.59 Å². The van der Waals surface area contributed by atoms with Gasteiger partial charge in [-0.25, -0.2) is 14.2 Å². The number of hydrogen-bond donors (Lipinski definition) is 0. The van der Waals surface area contributed by atoms with Gasteiger partial charge in [-0.2, -0.15) is 0 Å². The van der Waals surface area contributed by atoms with E-state index in [1.807, 2.05) is 16.7 Å². The minimum absolute atomic E-state index is 0.0311. The van der Waals surface area contributed by atoms with Gasteiger partial charge in [0.05, 0.1) is 17.5 Å². The van der Waals surface area contributed by atoms with E-state index in [1.165, 1.54) is 6.20 Å². The van der Waals surface area contributed by atoms with Crippen molar-refractivity contribution in [1.82, 2.24) is 4.57 Å². The van der Waals surface area contributed by atoms with Crippen LogP contribution in [-0.4, -0.2) is 23.4 Å². The molecule has 2 aliphatic rings. The SMILES string of the molecule is CCOC(=O)c1cn(C2CC2)c2c3c(c(F)cc2c1=O)Oc1ccccc1C=N3. The molecule has 146 valence electrons. The first kappa shape index (κ1) is 17.6. The fraction of sp³-hybridized carbons (Fsp3) is 0.227. The van der Waals surface area contributed by atoms with Crippen molar-refractivity contribution in [2.24, 2.45) is 4.99 Å². The average molecular weight is 392 g/mol. The number of fused-ring (bicyclic) bond motifs is 4. The molecule has 0 saturated heterocycles. The van der Waals surface area contributed by atoms with Gasteiger partial charge in [-0.05, 0) is 38.0 Å². The Hall–Kier alpha value is -3.48. The predicted molar refractivity (Wildman–Crippen MR) is 106 cm³/mol. The van der Waals surface area contributed by atoms with Gasteiger partial charge in [0.15, 0.2) is 11.6 Å². The molecule has 0 atom stereocenters. The standard InChI is InChI=1S/C22H17FN2O4/c1-2-28-22(27)15-11-25(13-7-8-13)19-14(20(15)26)9-16(23)21-18(19)24-10-12-5-3-4-6-17(12)29-21/h3-6,9-11,13H,2,7-8H2,1H3. The van der Waals surface area contributed by atoms with Crippen LogP contribution in [-0.2, 0) is 4.74 Å². The van der Waals surface area contributed by atoms with Gasteiger partial charge in [0.1, 0.15) is 17.0 Å². The number of para-hydroxylation sites is 1. The summed E-state index contributed by atoms with van der Waals surface area (Å²) < 4.78 is 27.7. The highest BCUT2D eigenvalue weighted by Gasteiger charge is 2.31. The Morgan fingerprint density at radius 2 is 2.14 bits per heavy atom. The number of pyridine rings is 1. The Balaban J connectivity index is 1.83. The van der Waals surface area contributed by atoms with Crippen LogP contribution in [0.15, 0.2) is 46.3 Å². The number of ether oxygens (including phenoxy) is 2. The maximum absolute atomic E-state index is 15.0. The third-order valence-corrected chi connectivity index (χ3v) is 5.10. The molecule has 2 aromatic carbocycles. The zero-order valence-corrected chi connectivity index (χ0v) is 15.6. The van der Waals surface area contributed by atoms with Gasteiger partial charge >= 0.3 is 5.97 Å². The summed E-state index contributed by atoms with van der Waals surface area (Å²) in [4.78, 5) is 29.8. The Morgan fingerprint density at radius 3 is 2.90 bits per heavy atom. The van der Waals surface area contributed by atoms with E-state index < -0.39 is 17.2 Å². The van der Waals surface area contributed by atoms with E-state index in [0.717, 1.165) is 18.9 Å². The molecule has 1 fully saturated rings. The molecule has 0 bridgehead atoms. The van der Waals surface area contributed by atoms with E-state index in [4.69, 9.17) is 9.47 Å². The summed E-state index contributed by atoms with van der Waals surface area (Å²) >= 11 is 0. The number of aliphatic imine (C=N–C) groups is 1. The molecule has 1 aliphatic heterocycles. The molecule has 6 nitrogen and oxygen atoms in total. The Morgan fingerprint density at radius 1 is 1.34 bits per heavy atom. The van der Waals surface area contributed by atoms with Gasteiger partial charge in [-0.1, -0.05) is 12.1 Å². The summed E-state index contributed by atoms with van der Waals surface area (Å²) in [5.41, 5.74) is 0.739. The van der Waals surface area contributed by atoms with Crippen LogP contribution in [0.25, 0.3) is 10.9 Å². The van der Waals surface area contributed by atoms with Crippen LogP contribution in [0.2, 0.25) is 0 Å². The summed E-state index contributed by atoms with van der Waals surface area (Å²) in [7, 11) is 0. The molecular weight excluding hydrogens is 375 g/mol. The topological polar surface area (TPSA) is 69.9 Å². The zero-order chi connectivity index (χ0) is 20.1. The molecule has 1 aliphatic carbocycles. The highest BCUT2D eigenvalue weighted by atomic mass is 19.1. The first-order chi connectivity index (χ1) is 14.1. The number of halogens is 1. The number of benzene rings is 2. The molecule has 1 aromatic heterocycles. The molecule has 2 heterocycles. The van der Waals surface area contributed by atoms with Gasteiger partial charge in [-0.3, -0.25) is 4.79 Å². The van der Waals surface area contributed by atoms with E-state index in [0.29, 0.717) is 16.8 Å². The lowest BCUT2D eigenvalue weighted by Crippen LogP contribution is -2.21. The molecular formula is C22H17FN2O4. The van der Waals surface area contributed by atoms with E-state index >= 15 is 4.39 Å². The minimum Gasteiger partial charge on any atom is -0.462 e. The third-order valence-electron chi connectivity index (χ3n) is 5.10. The lowest BCUT2D eigenvalue weighted by molar-refractivity contribution is 0.0524. The first-order valence-electron chi connectivity index (χ1n) is 9.48. The summed E-state index contributed by atoms with van der Waals surface area (Å²) in [6.07, 6.45) is 4.90. The Labute approximate surface area is 165 Å². The van der Waals surface area contributed by atoms with Gasteiger partial charge in [0.2, 0.25) is 5.43 Å². The van der Waals surface area contributed by atoms with Crippen molar-refractivity contribution >= 4 is 28.8 Å². The zero-order valence-electron chi connectivity index (χ0n) is 15.6. The average Bonchev–Trinajstić information content (AvgIpc) is 3.55. The quantitative estimate of drug-likeness (QED) is 0.481. The third kappa shape index (κ3) is 2.81. The van der Waals surface area contributed by atoms with Crippen LogP contribution < -0.4 is 10.2 Å². The van der Waals surface area contributed by atoms with Gasteiger partial charge < -0.3 is 14.0 Å². The molecule has 7 heteroatoms. The fourth-order valence-electron chi connectivity index (χ4n) is 3.59. The molecule has 1 saturated carbocycles. The largest absolute Gasteiger partial charge is 0.462 e. The first-order valence-corrected chi connectivity index (χ1v) is 9.48. The summed E-state index contributed by atoms with van der Waals surface area (Å²) in [5, 5.41) is 0.0883. The van der Waals surface area contributed by atoms with Crippen LogP contribution in [0.1, 0.15) is 41.7 Å². The molecule has 3 aromatic rings. The summed E-state index contributed by atoms with van der Waals surface area (Å²) in [6, 6.07) is 8.42. The van der Waals surface area contributed by atoms with E-state index in [2.05, 4.69) is 4.99 Å². The van der Waals surface area contributed by atoms with Gasteiger partial charge in [0, 0.05) is 24.0 Å². The van der Waals surface area contributed by atoms with E-state index in [-0.39, 0.29) is 35.0 Å². The second-order valence-electron chi connectivity index (χ2n) is 7.06. The summed E-state index contributed by atoms with van der Waals surface area (Å²) in [6.45, 7) is 1.82. The van der Waals surface area contributed by atoms with Crippen molar-refractivity contribution in [2.45, 2.75) is 25.8 Å². The lowest BCUT2D eigenvalue weighted by Gasteiger charge is -2.16. The van der Waals surface area contributed by atoms with Crippen LogP contribution in [0.4, 0.5) is 10.1 Å². The van der Waals surface area contributed by atoms with Gasteiger partial charge in [0.25, 0.3) is 0 Å². The monoisotopic (exact) mass is 392 g/mol. The van der Waals surface area contributed by atoms with Crippen molar-refractivity contribution in [3.05, 3.63) is 63.7 Å². The highest BCUT2D eigenvalue weighted by molar-refractivity contribution is 6.01. The number of hydrogen-bond acceptors (Lipinski definition) is 5. The number of esters is 1. The second-order valence-corrected chi connectivity index (χ2v) is 7.06. The van der Waals surface area contributed by atoms with Crippen LogP contribution >= 0.6 is 0 Å². The number of aromatic nitrogens is 1. The molecule has 0 unspecified atom stereocenters. The van der Waals surface area contributed by atoms with Crippen molar-refractivity contribution in [3.63, 3.8) is 0 Å². The van der Waals surface area contributed by atoms with Crippen molar-refractivity contribution in [2.75, 3.05) is 6.61 Å². The predicted octanol–water partition coefficient (Wildman–Crippen LogP) is 4.51. The van der Waals surface area contributed by atoms with Crippen molar-refractivity contribution in [1.29, 1.82) is 0 Å². The normalized spacial score (nSPS) is 14.7. The molecule has 0 spiro atoms. The fourth-order valence-corrected chi connectivity index (χ4v) is 3.59. The molecule has 0 N–H and O–H groups in total. The number of carbonyl (C=O) groups is 1. The minimum atomic E-state index is -0.712. The smallest absolute Gasteiger partial charge is 0.343 e. The van der Waals surface area contributed by atoms with Crippen molar-refractivity contribution < 1.29 is 18.7 Å². The van der Waals surface area contributed by atoms with Crippen molar-refractivity contribution in [3.8, 4) is 11.5 Å². The number of carbonyl (C=O) groups excluding carboxylic acids is 1. The van der Waals surface area contributed by atoms with Crippen LogP contribution in [0, 0.1) is 5.82 Å². The van der Waals surface area contributed by atoms with Gasteiger partial charge in [-0.15, -0.1) is 0 Å². The highest BCUT2D eigenvalue weighted by Crippen LogP contribution is 2.46. The molecule has 0 amide bonds. The molecule has 5 rings (SSSR count). The maximum atomic E-state index is 15.0. The molecule has 29 heavy (non-hydrogen) atoms. The Kier molecular flexibility index (Phi) is 3.97. The summed E-state index contributed by atoms with van der Waals surface area (Å²) in [5.74, 6) is -0.966. The number of rotatable bonds is 3. The molecule has 0 radical (unpaired) electrons. The lowest BCUT2D eigenvalue weighted by atomic mass is 10.1.